The summed E-state index contributed by atoms with van der Waals surface area (Å²) in [6, 6.07) is 10.2. The minimum absolute atomic E-state index is 0.250. The lowest BCUT2D eigenvalue weighted by Crippen LogP contribution is -1.95. The fourth-order valence-corrected chi connectivity index (χ4v) is 1.69. The van der Waals surface area contributed by atoms with Crippen molar-refractivity contribution in [1.82, 2.24) is 0 Å². The molecule has 0 aliphatic carbocycles. The molecular formula is C11H13BrO. The van der Waals surface area contributed by atoms with Gasteiger partial charge in [0.25, 0.3) is 0 Å². The van der Waals surface area contributed by atoms with E-state index in [-0.39, 0.29) is 5.78 Å². The molecule has 1 atom stereocenters. The average molecular weight is 241 g/mol. The SMILES string of the molecule is CC(=O)CCC(Br)c1ccccc1. The topological polar surface area (TPSA) is 17.1 Å². The number of carbonyl (C=O) groups excluding carboxylic acids is 1. The molecule has 1 unspecified atom stereocenters. The van der Waals surface area contributed by atoms with Gasteiger partial charge in [-0.2, -0.15) is 0 Å². The number of hydrogen-bond acceptors (Lipinski definition) is 1. The summed E-state index contributed by atoms with van der Waals surface area (Å²) in [5.74, 6) is 0.250. The normalized spacial score (nSPS) is 12.5. The monoisotopic (exact) mass is 240 g/mol. The van der Waals surface area contributed by atoms with Crippen molar-refractivity contribution in [2.45, 2.75) is 24.6 Å². The maximum Gasteiger partial charge on any atom is 0.129 e. The van der Waals surface area contributed by atoms with Crippen LogP contribution < -0.4 is 0 Å². The van der Waals surface area contributed by atoms with Crippen LogP contribution >= 0.6 is 15.9 Å². The van der Waals surface area contributed by atoms with Crippen molar-refractivity contribution in [2.24, 2.45) is 0 Å². The molecule has 0 spiro atoms. The van der Waals surface area contributed by atoms with Crippen LogP contribution in [0.3, 0.4) is 0 Å². The summed E-state index contributed by atoms with van der Waals surface area (Å²) in [5.41, 5.74) is 1.24. The van der Waals surface area contributed by atoms with Crippen LogP contribution in [-0.4, -0.2) is 5.78 Å². The van der Waals surface area contributed by atoms with Crippen LogP contribution in [0, 0.1) is 0 Å². The van der Waals surface area contributed by atoms with Crippen molar-refractivity contribution in [3.8, 4) is 0 Å². The summed E-state index contributed by atoms with van der Waals surface area (Å²) < 4.78 is 0. The molecule has 0 aromatic heterocycles. The third-order valence-corrected chi connectivity index (χ3v) is 2.90. The first kappa shape index (κ1) is 10.5. The number of rotatable bonds is 4. The Hall–Kier alpha value is -0.630. The third kappa shape index (κ3) is 3.73. The van der Waals surface area contributed by atoms with E-state index in [1.807, 2.05) is 18.2 Å². The third-order valence-electron chi connectivity index (χ3n) is 1.91. The van der Waals surface area contributed by atoms with E-state index in [9.17, 15) is 4.79 Å². The predicted molar refractivity (Wildman–Crippen MR) is 58.0 cm³/mol. The first-order valence-electron chi connectivity index (χ1n) is 4.38. The Balaban J connectivity index is 2.49. The first-order valence-corrected chi connectivity index (χ1v) is 5.30. The number of carbonyl (C=O) groups is 1. The Bertz CT molecular complexity index is 269. The van der Waals surface area contributed by atoms with Crippen LogP contribution in [0.25, 0.3) is 0 Å². The predicted octanol–water partition coefficient (Wildman–Crippen LogP) is 3.49. The molecule has 1 aromatic rings. The van der Waals surface area contributed by atoms with E-state index in [4.69, 9.17) is 0 Å². The lowest BCUT2D eigenvalue weighted by molar-refractivity contribution is -0.117. The van der Waals surface area contributed by atoms with Crippen molar-refractivity contribution in [2.75, 3.05) is 0 Å². The van der Waals surface area contributed by atoms with Crippen LogP contribution in [0.2, 0.25) is 0 Å². The smallest absolute Gasteiger partial charge is 0.129 e. The largest absolute Gasteiger partial charge is 0.300 e. The van der Waals surface area contributed by atoms with E-state index in [0.717, 1.165) is 6.42 Å². The van der Waals surface area contributed by atoms with Gasteiger partial charge in [0.05, 0.1) is 0 Å². The molecule has 0 N–H and O–H groups in total. The summed E-state index contributed by atoms with van der Waals surface area (Å²) in [4.78, 5) is 11.1. The van der Waals surface area contributed by atoms with Crippen molar-refractivity contribution < 1.29 is 4.79 Å². The highest BCUT2D eigenvalue weighted by atomic mass is 79.9. The molecule has 0 aliphatic heterocycles. The number of benzene rings is 1. The highest BCUT2D eigenvalue weighted by molar-refractivity contribution is 9.09. The zero-order valence-corrected chi connectivity index (χ0v) is 9.25. The first-order chi connectivity index (χ1) is 6.20. The van der Waals surface area contributed by atoms with Gasteiger partial charge < -0.3 is 4.79 Å². The Morgan fingerprint density at radius 2 is 2.00 bits per heavy atom. The van der Waals surface area contributed by atoms with Crippen molar-refractivity contribution in [1.29, 1.82) is 0 Å². The molecule has 0 saturated carbocycles. The molecule has 0 bridgehead atoms. The Kier molecular flexibility index (Phi) is 4.16. The van der Waals surface area contributed by atoms with E-state index in [1.54, 1.807) is 6.92 Å². The van der Waals surface area contributed by atoms with Crippen LogP contribution in [0.5, 0.6) is 0 Å². The van der Waals surface area contributed by atoms with Gasteiger partial charge in [-0.05, 0) is 18.9 Å². The summed E-state index contributed by atoms with van der Waals surface area (Å²) in [7, 11) is 0. The lowest BCUT2D eigenvalue weighted by atomic mass is 10.1. The van der Waals surface area contributed by atoms with Gasteiger partial charge in [0.15, 0.2) is 0 Å². The lowest BCUT2D eigenvalue weighted by Gasteiger charge is -2.07. The van der Waals surface area contributed by atoms with Gasteiger partial charge in [0.2, 0.25) is 0 Å². The second-order valence-electron chi connectivity index (χ2n) is 3.12. The highest BCUT2D eigenvalue weighted by Gasteiger charge is 2.07. The highest BCUT2D eigenvalue weighted by Crippen LogP contribution is 2.27. The van der Waals surface area contributed by atoms with Gasteiger partial charge in [-0.3, -0.25) is 0 Å². The van der Waals surface area contributed by atoms with Gasteiger partial charge in [-0.1, -0.05) is 46.3 Å². The minimum atomic E-state index is 0.250. The molecule has 70 valence electrons. The van der Waals surface area contributed by atoms with Crippen molar-refractivity contribution in [3.05, 3.63) is 35.9 Å². The molecule has 0 radical (unpaired) electrons. The van der Waals surface area contributed by atoms with Crippen LogP contribution in [0.1, 0.15) is 30.2 Å². The standard InChI is InChI=1S/C11H13BrO/c1-9(13)7-8-11(12)10-5-3-2-4-6-10/h2-6,11H,7-8H2,1H3. The van der Waals surface area contributed by atoms with Gasteiger partial charge in [0.1, 0.15) is 5.78 Å². The van der Waals surface area contributed by atoms with Crippen LogP contribution in [-0.2, 0) is 4.79 Å². The molecule has 1 nitrogen and oxygen atoms in total. The van der Waals surface area contributed by atoms with Crippen molar-refractivity contribution in [3.63, 3.8) is 0 Å². The molecule has 1 rings (SSSR count). The number of alkyl halides is 1. The Morgan fingerprint density at radius 1 is 1.38 bits per heavy atom. The molecule has 0 fully saturated rings. The summed E-state index contributed by atoms with van der Waals surface area (Å²) >= 11 is 3.56. The van der Waals surface area contributed by atoms with Crippen LogP contribution in [0.15, 0.2) is 30.3 Å². The van der Waals surface area contributed by atoms with Gasteiger partial charge in [0, 0.05) is 11.2 Å². The van der Waals surface area contributed by atoms with Crippen molar-refractivity contribution >= 4 is 21.7 Å². The Labute approximate surface area is 87.3 Å². The van der Waals surface area contributed by atoms with E-state index >= 15 is 0 Å². The summed E-state index contributed by atoms with van der Waals surface area (Å²) in [6.07, 6.45) is 1.52. The quantitative estimate of drug-likeness (QED) is 0.737. The molecule has 0 aliphatic rings. The summed E-state index contributed by atoms with van der Waals surface area (Å²) in [5, 5.41) is 0. The average Bonchev–Trinajstić information content (AvgIpc) is 2.15. The molecule has 1 aromatic carbocycles. The number of ketones is 1. The zero-order valence-electron chi connectivity index (χ0n) is 7.66. The molecule has 2 heteroatoms. The number of Topliss-reactive ketones (excluding diaryl/α,β-unsaturated/α-hetero) is 1. The number of halogens is 1. The van der Waals surface area contributed by atoms with Crippen LogP contribution in [0.4, 0.5) is 0 Å². The zero-order chi connectivity index (χ0) is 9.68. The second-order valence-corrected chi connectivity index (χ2v) is 4.22. The van der Waals surface area contributed by atoms with E-state index < -0.39 is 0 Å². The molecule has 0 heterocycles. The van der Waals surface area contributed by atoms with Gasteiger partial charge in [-0.15, -0.1) is 0 Å². The summed E-state index contributed by atoms with van der Waals surface area (Å²) in [6.45, 7) is 1.63. The fourth-order valence-electron chi connectivity index (χ4n) is 1.16. The Morgan fingerprint density at radius 3 is 2.54 bits per heavy atom. The number of hydrogen-bond donors (Lipinski definition) is 0. The van der Waals surface area contributed by atoms with E-state index in [2.05, 4.69) is 28.1 Å². The molecule has 0 saturated heterocycles. The van der Waals surface area contributed by atoms with Gasteiger partial charge in [-0.25, -0.2) is 0 Å². The van der Waals surface area contributed by atoms with E-state index in [0.29, 0.717) is 11.2 Å². The molecular weight excluding hydrogens is 228 g/mol. The van der Waals surface area contributed by atoms with Gasteiger partial charge >= 0.3 is 0 Å². The minimum Gasteiger partial charge on any atom is -0.300 e. The fraction of sp³-hybridized carbons (Fsp3) is 0.364. The molecule has 0 amide bonds. The second kappa shape index (κ2) is 5.18. The maximum absolute atomic E-state index is 10.8. The molecule has 13 heavy (non-hydrogen) atoms. The van der Waals surface area contributed by atoms with E-state index in [1.165, 1.54) is 5.56 Å². The maximum atomic E-state index is 10.8.